The van der Waals surface area contributed by atoms with Gasteiger partial charge in [0.05, 0.1) is 5.02 Å². The van der Waals surface area contributed by atoms with Crippen LogP contribution in [-0.4, -0.2) is 6.54 Å². The first kappa shape index (κ1) is 11.0. The lowest BCUT2D eigenvalue weighted by atomic mass is 10.1. The van der Waals surface area contributed by atoms with Crippen molar-refractivity contribution < 1.29 is 4.39 Å². The van der Waals surface area contributed by atoms with Crippen LogP contribution >= 0.6 is 27.5 Å². The third-order valence-electron chi connectivity index (χ3n) is 1.71. The number of hydrogen-bond acceptors (Lipinski definition) is 1. The van der Waals surface area contributed by atoms with E-state index in [4.69, 9.17) is 17.3 Å². The second-order valence-electron chi connectivity index (χ2n) is 2.77. The molecule has 0 aliphatic rings. The van der Waals surface area contributed by atoms with E-state index in [-0.39, 0.29) is 10.8 Å². The molecule has 4 heteroatoms. The predicted molar refractivity (Wildman–Crippen MR) is 56.5 cm³/mol. The summed E-state index contributed by atoms with van der Waals surface area (Å²) in [5.41, 5.74) is 6.27. The first-order valence-electron chi connectivity index (χ1n) is 3.98. The monoisotopic (exact) mass is 265 g/mol. The van der Waals surface area contributed by atoms with Gasteiger partial charge in [0.25, 0.3) is 0 Å². The molecule has 0 atom stereocenters. The molecule has 2 N–H and O–H groups in total. The summed E-state index contributed by atoms with van der Waals surface area (Å²) in [5, 5.41) is 0.136. The Bertz CT molecular complexity index is 281. The number of rotatable bonds is 3. The summed E-state index contributed by atoms with van der Waals surface area (Å²) in [6, 6.07) is 3.27. The summed E-state index contributed by atoms with van der Waals surface area (Å²) in [4.78, 5) is 0. The third kappa shape index (κ3) is 2.93. The summed E-state index contributed by atoms with van der Waals surface area (Å²) in [7, 11) is 0. The Morgan fingerprint density at radius 1 is 1.46 bits per heavy atom. The van der Waals surface area contributed by atoms with Gasteiger partial charge in [-0.25, -0.2) is 4.39 Å². The average molecular weight is 267 g/mol. The molecule has 0 saturated carbocycles. The quantitative estimate of drug-likeness (QED) is 0.836. The number of benzene rings is 1. The molecule has 0 aliphatic carbocycles. The zero-order valence-electron chi connectivity index (χ0n) is 6.99. The number of aryl methyl sites for hydroxylation is 1. The van der Waals surface area contributed by atoms with E-state index in [0.29, 0.717) is 11.0 Å². The highest BCUT2D eigenvalue weighted by Crippen LogP contribution is 2.27. The van der Waals surface area contributed by atoms with Crippen LogP contribution < -0.4 is 5.73 Å². The van der Waals surface area contributed by atoms with E-state index < -0.39 is 0 Å². The minimum Gasteiger partial charge on any atom is -0.330 e. The molecule has 1 aromatic rings. The molecule has 0 heterocycles. The van der Waals surface area contributed by atoms with Crippen LogP contribution in [-0.2, 0) is 6.42 Å². The maximum Gasteiger partial charge on any atom is 0.143 e. The Balaban J connectivity index is 2.86. The van der Waals surface area contributed by atoms with Gasteiger partial charge in [-0.1, -0.05) is 11.6 Å². The molecule has 72 valence electrons. The third-order valence-corrected chi connectivity index (χ3v) is 2.95. The lowest BCUT2D eigenvalue weighted by Crippen LogP contribution is -2.00. The van der Waals surface area contributed by atoms with E-state index in [2.05, 4.69) is 15.9 Å². The lowest BCUT2D eigenvalue weighted by Gasteiger charge is -2.03. The van der Waals surface area contributed by atoms with Crippen LogP contribution in [0.15, 0.2) is 16.6 Å². The average Bonchev–Trinajstić information content (AvgIpc) is 2.10. The van der Waals surface area contributed by atoms with Crippen LogP contribution in [0, 0.1) is 5.82 Å². The van der Waals surface area contributed by atoms with Gasteiger partial charge < -0.3 is 5.73 Å². The van der Waals surface area contributed by atoms with Gasteiger partial charge in [0.2, 0.25) is 0 Å². The van der Waals surface area contributed by atoms with E-state index in [1.54, 1.807) is 0 Å². The van der Waals surface area contributed by atoms with E-state index in [1.807, 2.05) is 6.07 Å². The highest BCUT2D eigenvalue weighted by atomic mass is 79.9. The zero-order valence-corrected chi connectivity index (χ0v) is 9.33. The van der Waals surface area contributed by atoms with Gasteiger partial charge in [-0.05, 0) is 53.0 Å². The molecule has 13 heavy (non-hydrogen) atoms. The maximum absolute atomic E-state index is 13.1. The van der Waals surface area contributed by atoms with Gasteiger partial charge in [-0.15, -0.1) is 0 Å². The van der Waals surface area contributed by atoms with Gasteiger partial charge >= 0.3 is 0 Å². The topological polar surface area (TPSA) is 26.0 Å². The van der Waals surface area contributed by atoms with E-state index in [1.165, 1.54) is 6.07 Å². The second-order valence-corrected chi connectivity index (χ2v) is 4.00. The first-order valence-corrected chi connectivity index (χ1v) is 5.15. The molecule has 0 saturated heterocycles. The molecule has 0 radical (unpaired) electrons. The summed E-state index contributed by atoms with van der Waals surface area (Å²) in [5.74, 6) is -0.386. The Morgan fingerprint density at radius 2 is 2.15 bits per heavy atom. The molecule has 1 rings (SSSR count). The standard InChI is InChI=1S/C9H10BrClFN/c10-7-4-6(2-1-3-13)5-8(12)9(7)11/h4-5H,1-3,13H2. The fourth-order valence-corrected chi connectivity index (χ4v) is 1.65. The van der Waals surface area contributed by atoms with Gasteiger partial charge in [0.1, 0.15) is 5.82 Å². The van der Waals surface area contributed by atoms with Crippen molar-refractivity contribution in [2.75, 3.05) is 6.54 Å². The molecule has 0 bridgehead atoms. The van der Waals surface area contributed by atoms with E-state index in [9.17, 15) is 4.39 Å². The Morgan fingerprint density at radius 3 is 2.69 bits per heavy atom. The summed E-state index contributed by atoms with van der Waals surface area (Å²) in [6.45, 7) is 0.613. The molecular weight excluding hydrogens is 256 g/mol. The number of hydrogen-bond donors (Lipinski definition) is 1. The molecule has 0 fully saturated rings. The largest absolute Gasteiger partial charge is 0.330 e. The predicted octanol–water partition coefficient (Wildman–Crippen LogP) is 3.13. The molecule has 0 unspecified atom stereocenters. The fourth-order valence-electron chi connectivity index (χ4n) is 1.06. The summed E-state index contributed by atoms with van der Waals surface area (Å²) in [6.07, 6.45) is 1.64. The van der Waals surface area contributed by atoms with Crippen LogP contribution in [0.1, 0.15) is 12.0 Å². The van der Waals surface area contributed by atoms with Crippen molar-refractivity contribution in [1.29, 1.82) is 0 Å². The first-order chi connectivity index (χ1) is 6.15. The Kier molecular flexibility index (Phi) is 4.16. The van der Waals surface area contributed by atoms with Crippen molar-refractivity contribution in [3.05, 3.63) is 33.0 Å². The second kappa shape index (κ2) is 4.94. The Hall–Kier alpha value is -0.120. The highest BCUT2D eigenvalue weighted by Gasteiger charge is 2.06. The molecule has 0 aromatic heterocycles. The molecular formula is C9H10BrClFN. The van der Waals surface area contributed by atoms with E-state index in [0.717, 1.165) is 18.4 Å². The van der Waals surface area contributed by atoms with Crippen LogP contribution in [0.3, 0.4) is 0 Å². The van der Waals surface area contributed by atoms with Gasteiger partial charge in [-0.3, -0.25) is 0 Å². The summed E-state index contributed by atoms with van der Waals surface area (Å²) < 4.78 is 13.7. The molecule has 1 nitrogen and oxygen atoms in total. The minimum atomic E-state index is -0.386. The normalized spacial score (nSPS) is 10.5. The van der Waals surface area contributed by atoms with Crippen LogP contribution in [0.4, 0.5) is 4.39 Å². The number of halogens is 3. The van der Waals surface area contributed by atoms with Gasteiger partial charge in [0.15, 0.2) is 0 Å². The zero-order chi connectivity index (χ0) is 9.84. The van der Waals surface area contributed by atoms with Crippen molar-refractivity contribution >= 4 is 27.5 Å². The number of nitrogens with two attached hydrogens (primary N) is 1. The molecule has 0 spiro atoms. The van der Waals surface area contributed by atoms with Crippen molar-refractivity contribution in [2.24, 2.45) is 5.73 Å². The van der Waals surface area contributed by atoms with Crippen molar-refractivity contribution in [3.8, 4) is 0 Å². The van der Waals surface area contributed by atoms with Crippen molar-refractivity contribution in [1.82, 2.24) is 0 Å². The van der Waals surface area contributed by atoms with Gasteiger partial charge in [0, 0.05) is 4.47 Å². The van der Waals surface area contributed by atoms with E-state index >= 15 is 0 Å². The van der Waals surface area contributed by atoms with Crippen LogP contribution in [0.2, 0.25) is 5.02 Å². The molecule has 0 amide bonds. The Labute approximate surface area is 90.2 Å². The lowest BCUT2D eigenvalue weighted by molar-refractivity contribution is 0.624. The van der Waals surface area contributed by atoms with Crippen LogP contribution in [0.5, 0.6) is 0 Å². The highest BCUT2D eigenvalue weighted by molar-refractivity contribution is 9.10. The summed E-state index contributed by atoms with van der Waals surface area (Å²) >= 11 is 8.82. The van der Waals surface area contributed by atoms with Gasteiger partial charge in [-0.2, -0.15) is 0 Å². The molecule has 1 aromatic carbocycles. The van der Waals surface area contributed by atoms with Crippen molar-refractivity contribution in [3.63, 3.8) is 0 Å². The van der Waals surface area contributed by atoms with Crippen molar-refractivity contribution in [2.45, 2.75) is 12.8 Å². The van der Waals surface area contributed by atoms with Crippen LogP contribution in [0.25, 0.3) is 0 Å². The molecule has 0 aliphatic heterocycles. The SMILES string of the molecule is NCCCc1cc(F)c(Cl)c(Br)c1. The fraction of sp³-hybridized carbons (Fsp3) is 0.333. The minimum absolute atomic E-state index is 0.136. The maximum atomic E-state index is 13.1. The smallest absolute Gasteiger partial charge is 0.143 e.